The molecule has 1 fully saturated rings. The van der Waals surface area contributed by atoms with Crippen LogP contribution < -0.4 is 5.32 Å². The summed E-state index contributed by atoms with van der Waals surface area (Å²) in [7, 11) is 0. The number of nitrogens with one attached hydrogen (secondary N) is 1. The number of carbonyl (C=O) groups is 2. The van der Waals surface area contributed by atoms with Gasteiger partial charge in [0.25, 0.3) is 0 Å². The molecule has 2 atom stereocenters. The minimum absolute atomic E-state index is 0.0584. The average molecular weight is 309 g/mol. The van der Waals surface area contributed by atoms with E-state index in [0.29, 0.717) is 13.0 Å². The fourth-order valence-corrected chi connectivity index (χ4v) is 2.63. The van der Waals surface area contributed by atoms with Crippen LogP contribution in [0.2, 0.25) is 0 Å². The summed E-state index contributed by atoms with van der Waals surface area (Å²) in [5.74, 6) is -0.0584. The number of rotatable bonds is 6. The zero-order valence-electron chi connectivity index (χ0n) is 14.0. The van der Waals surface area contributed by atoms with Crippen molar-refractivity contribution in [2.24, 2.45) is 0 Å². The molecule has 124 valence electrons. The number of hydrogen-bond donors (Lipinski definition) is 1. The van der Waals surface area contributed by atoms with Crippen molar-refractivity contribution < 1.29 is 19.1 Å². The second kappa shape index (κ2) is 6.41. The van der Waals surface area contributed by atoms with Crippen LogP contribution in [0.1, 0.15) is 59.8 Å². The highest BCUT2D eigenvalue weighted by molar-refractivity contribution is 5.95. The first-order chi connectivity index (χ1) is 10.2. The van der Waals surface area contributed by atoms with Gasteiger partial charge in [0.05, 0.1) is 12.6 Å². The molecule has 0 saturated carbocycles. The lowest BCUT2D eigenvalue weighted by Crippen LogP contribution is -2.47. The van der Waals surface area contributed by atoms with Crippen LogP contribution in [0.4, 0.5) is 4.79 Å². The van der Waals surface area contributed by atoms with Crippen molar-refractivity contribution in [1.82, 2.24) is 5.32 Å². The average Bonchev–Trinajstić information content (AvgIpc) is 2.95. The van der Waals surface area contributed by atoms with E-state index in [4.69, 9.17) is 9.47 Å². The molecule has 0 unspecified atom stereocenters. The molecule has 0 radical (unpaired) electrons. The van der Waals surface area contributed by atoms with Crippen LogP contribution in [0.5, 0.6) is 0 Å². The first-order valence-electron chi connectivity index (χ1n) is 8.05. The lowest BCUT2D eigenvalue weighted by molar-refractivity contribution is -0.125. The summed E-state index contributed by atoms with van der Waals surface area (Å²) >= 11 is 0. The molecule has 1 heterocycles. The maximum Gasteiger partial charge on any atom is 0.408 e. The number of ketones is 1. The molecule has 5 heteroatoms. The van der Waals surface area contributed by atoms with E-state index in [2.05, 4.69) is 11.4 Å². The molecule has 2 rings (SSSR count). The van der Waals surface area contributed by atoms with Crippen LogP contribution in [0.3, 0.4) is 0 Å². The molecular formula is C17H27NO4. The van der Waals surface area contributed by atoms with Crippen molar-refractivity contribution >= 4 is 11.9 Å². The molecule has 1 aliphatic heterocycles. The van der Waals surface area contributed by atoms with Crippen LogP contribution in [0.25, 0.3) is 0 Å². The van der Waals surface area contributed by atoms with Crippen LogP contribution in [0.15, 0.2) is 11.6 Å². The van der Waals surface area contributed by atoms with Crippen LogP contribution in [-0.4, -0.2) is 35.7 Å². The van der Waals surface area contributed by atoms with Crippen LogP contribution in [0, 0.1) is 0 Å². The Morgan fingerprint density at radius 1 is 1.45 bits per heavy atom. The Hall–Kier alpha value is -1.36. The Morgan fingerprint density at radius 3 is 2.64 bits per heavy atom. The molecule has 1 saturated heterocycles. The van der Waals surface area contributed by atoms with Gasteiger partial charge in [0.1, 0.15) is 11.2 Å². The van der Waals surface area contributed by atoms with Crippen molar-refractivity contribution in [3.63, 3.8) is 0 Å². The molecule has 22 heavy (non-hydrogen) atoms. The summed E-state index contributed by atoms with van der Waals surface area (Å²) in [5, 5.41) is 2.73. The fraction of sp³-hybridized carbons (Fsp3) is 0.765. The zero-order valence-corrected chi connectivity index (χ0v) is 14.0. The predicted octanol–water partition coefficient (Wildman–Crippen LogP) is 3.13. The molecule has 1 amide bonds. The summed E-state index contributed by atoms with van der Waals surface area (Å²) in [6.45, 7) is 7.61. The largest absolute Gasteiger partial charge is 0.444 e. The number of epoxide rings is 1. The Balaban J connectivity index is 1.94. The standard InChI is InChI=1S/C17H27NO4/c1-16(2,3)22-15(20)18-13(14(19)17(4)11-21-17)10-9-12-7-5-6-8-12/h7,13H,5-6,8-11H2,1-4H3,(H,18,20)/t13-,17+/m0/s1. The quantitative estimate of drug-likeness (QED) is 0.604. The highest BCUT2D eigenvalue weighted by Crippen LogP contribution is 2.30. The van der Waals surface area contributed by atoms with Gasteiger partial charge in [-0.25, -0.2) is 4.79 Å². The summed E-state index contributed by atoms with van der Waals surface area (Å²) < 4.78 is 10.5. The van der Waals surface area contributed by atoms with Crippen molar-refractivity contribution in [2.75, 3.05) is 6.61 Å². The van der Waals surface area contributed by atoms with E-state index in [1.807, 2.05) is 0 Å². The van der Waals surface area contributed by atoms with Crippen LogP contribution in [-0.2, 0) is 14.3 Å². The summed E-state index contributed by atoms with van der Waals surface area (Å²) in [5.41, 5.74) is 0.0701. The second-order valence-electron chi connectivity index (χ2n) is 7.38. The highest BCUT2D eigenvalue weighted by Gasteiger charge is 2.50. The van der Waals surface area contributed by atoms with E-state index >= 15 is 0 Å². The second-order valence-corrected chi connectivity index (χ2v) is 7.38. The van der Waals surface area contributed by atoms with E-state index in [0.717, 1.165) is 19.3 Å². The molecule has 5 nitrogen and oxygen atoms in total. The molecule has 1 N–H and O–H groups in total. The van der Waals surface area contributed by atoms with E-state index in [1.54, 1.807) is 27.7 Å². The Morgan fingerprint density at radius 2 is 2.14 bits per heavy atom. The lowest BCUT2D eigenvalue weighted by Gasteiger charge is -2.24. The summed E-state index contributed by atoms with van der Waals surface area (Å²) in [6, 6.07) is -0.552. The van der Waals surface area contributed by atoms with Gasteiger partial charge in [-0.1, -0.05) is 11.6 Å². The lowest BCUT2D eigenvalue weighted by atomic mass is 9.95. The van der Waals surface area contributed by atoms with E-state index in [9.17, 15) is 9.59 Å². The smallest absolute Gasteiger partial charge is 0.408 e. The number of Topliss-reactive ketones (excluding diaryl/α,β-unsaturated/α-hetero) is 1. The van der Waals surface area contributed by atoms with Crippen LogP contribution >= 0.6 is 0 Å². The molecule has 2 aliphatic rings. The highest BCUT2D eigenvalue weighted by atomic mass is 16.6. The molecule has 0 aromatic heterocycles. The SMILES string of the molecule is CC(C)(C)OC(=O)N[C@@H](CCC1=CCCC1)C(=O)[C@@]1(C)CO1. The molecular weight excluding hydrogens is 282 g/mol. The van der Waals surface area contributed by atoms with Gasteiger partial charge in [0.15, 0.2) is 5.78 Å². The van der Waals surface area contributed by atoms with E-state index in [-0.39, 0.29) is 5.78 Å². The summed E-state index contributed by atoms with van der Waals surface area (Å²) in [6.07, 6.45) is 6.54. The van der Waals surface area contributed by atoms with Gasteiger partial charge in [0.2, 0.25) is 0 Å². The van der Waals surface area contributed by atoms with Crippen molar-refractivity contribution in [3.05, 3.63) is 11.6 Å². The van der Waals surface area contributed by atoms with E-state index < -0.39 is 23.3 Å². The number of alkyl carbamates (subject to hydrolysis) is 1. The third-order valence-electron chi connectivity index (χ3n) is 4.00. The molecule has 1 aliphatic carbocycles. The number of amides is 1. The molecule has 0 aromatic carbocycles. The van der Waals surface area contributed by atoms with Crippen molar-refractivity contribution in [2.45, 2.75) is 77.0 Å². The normalized spacial score (nSPS) is 25.4. The number of hydrogen-bond acceptors (Lipinski definition) is 4. The van der Waals surface area contributed by atoms with Gasteiger partial charge in [-0.2, -0.15) is 0 Å². The maximum absolute atomic E-state index is 12.5. The van der Waals surface area contributed by atoms with Gasteiger partial charge >= 0.3 is 6.09 Å². The number of carbonyl (C=O) groups excluding carboxylic acids is 2. The monoisotopic (exact) mass is 309 g/mol. The first-order valence-corrected chi connectivity index (χ1v) is 8.05. The predicted molar refractivity (Wildman–Crippen MR) is 83.7 cm³/mol. The Labute approximate surface area is 132 Å². The third kappa shape index (κ3) is 4.83. The van der Waals surface area contributed by atoms with Gasteiger partial charge < -0.3 is 14.8 Å². The number of ether oxygens (including phenoxy) is 2. The minimum atomic E-state index is -0.732. The van der Waals surface area contributed by atoms with Gasteiger partial charge in [-0.15, -0.1) is 0 Å². The molecule has 0 aromatic rings. The topological polar surface area (TPSA) is 67.9 Å². The first kappa shape index (κ1) is 17.0. The minimum Gasteiger partial charge on any atom is -0.444 e. The van der Waals surface area contributed by atoms with Crippen molar-refractivity contribution in [3.8, 4) is 0 Å². The van der Waals surface area contributed by atoms with Gasteiger partial charge in [0, 0.05) is 0 Å². The Bertz CT molecular complexity index is 472. The zero-order chi connectivity index (χ0) is 16.4. The van der Waals surface area contributed by atoms with Gasteiger partial charge in [-0.05, 0) is 59.8 Å². The maximum atomic E-state index is 12.5. The number of allylic oxidation sites excluding steroid dienone is 2. The third-order valence-corrected chi connectivity index (χ3v) is 4.00. The van der Waals surface area contributed by atoms with Crippen molar-refractivity contribution in [1.29, 1.82) is 0 Å². The molecule has 0 spiro atoms. The van der Waals surface area contributed by atoms with E-state index in [1.165, 1.54) is 12.0 Å². The molecule has 0 bridgehead atoms. The summed E-state index contributed by atoms with van der Waals surface area (Å²) in [4.78, 5) is 24.5. The fourth-order valence-electron chi connectivity index (χ4n) is 2.63. The Kier molecular flexibility index (Phi) is 4.95. The van der Waals surface area contributed by atoms with Gasteiger partial charge in [-0.3, -0.25) is 4.79 Å².